The Kier molecular flexibility index (Phi) is 4.48. The number of nitrogens with zero attached hydrogens (tertiary/aromatic N) is 1. The number of rotatable bonds is 4. The van der Waals surface area contributed by atoms with E-state index in [9.17, 15) is 9.59 Å². The molecule has 1 aliphatic carbocycles. The van der Waals surface area contributed by atoms with Crippen molar-refractivity contribution in [2.45, 2.75) is 31.6 Å². The summed E-state index contributed by atoms with van der Waals surface area (Å²) in [6, 6.07) is 8.93. The summed E-state index contributed by atoms with van der Waals surface area (Å²) in [5.41, 5.74) is 2.03. The van der Waals surface area contributed by atoms with Gasteiger partial charge >= 0.3 is 0 Å². The molecule has 1 unspecified atom stereocenters. The third-order valence-electron chi connectivity index (χ3n) is 5.19. The highest BCUT2D eigenvalue weighted by Gasteiger charge is 2.41. The van der Waals surface area contributed by atoms with Crippen LogP contribution in [0.5, 0.6) is 11.5 Å². The first-order chi connectivity index (χ1) is 13.1. The molecule has 2 aromatic rings. The second kappa shape index (κ2) is 6.95. The largest absolute Gasteiger partial charge is 0.497 e. The Hall–Kier alpha value is -3.02. The number of Topliss-reactive ketones (excluding diaryl/α,β-unsaturated/α-hetero) is 1. The molecule has 1 atom stereocenters. The van der Waals surface area contributed by atoms with E-state index in [0.29, 0.717) is 41.4 Å². The lowest BCUT2D eigenvalue weighted by atomic mass is 9.79. The molecule has 2 aliphatic rings. The molecule has 2 heterocycles. The first-order valence-electron chi connectivity index (χ1n) is 8.98. The van der Waals surface area contributed by atoms with E-state index in [-0.39, 0.29) is 24.0 Å². The van der Waals surface area contributed by atoms with Crippen molar-refractivity contribution in [2.75, 3.05) is 19.1 Å². The quantitative estimate of drug-likeness (QED) is 0.822. The summed E-state index contributed by atoms with van der Waals surface area (Å²) in [6.45, 7) is 0. The van der Waals surface area contributed by atoms with E-state index in [0.717, 1.165) is 12.1 Å². The van der Waals surface area contributed by atoms with Crippen LogP contribution in [-0.4, -0.2) is 25.9 Å². The summed E-state index contributed by atoms with van der Waals surface area (Å²) in [5, 5.41) is 0. The van der Waals surface area contributed by atoms with Gasteiger partial charge in [-0.25, -0.2) is 0 Å². The van der Waals surface area contributed by atoms with Crippen molar-refractivity contribution in [1.82, 2.24) is 0 Å². The lowest BCUT2D eigenvalue weighted by Gasteiger charge is -2.38. The Labute approximate surface area is 157 Å². The lowest BCUT2D eigenvalue weighted by Crippen LogP contribution is -2.40. The Morgan fingerprint density at radius 2 is 1.96 bits per heavy atom. The van der Waals surface area contributed by atoms with Crippen LogP contribution >= 0.6 is 0 Å². The van der Waals surface area contributed by atoms with Crippen molar-refractivity contribution < 1.29 is 23.5 Å². The van der Waals surface area contributed by atoms with Crippen molar-refractivity contribution in [3.63, 3.8) is 0 Å². The van der Waals surface area contributed by atoms with Gasteiger partial charge in [0.15, 0.2) is 5.78 Å². The summed E-state index contributed by atoms with van der Waals surface area (Å²) in [7, 11) is 3.14. The number of amides is 1. The molecule has 0 saturated carbocycles. The number of ether oxygens (including phenoxy) is 2. The van der Waals surface area contributed by atoms with E-state index < -0.39 is 0 Å². The summed E-state index contributed by atoms with van der Waals surface area (Å²) >= 11 is 0. The smallest absolute Gasteiger partial charge is 0.232 e. The molecule has 1 aromatic heterocycles. The number of allylic oxidation sites excluding steroid dienone is 2. The van der Waals surface area contributed by atoms with Gasteiger partial charge in [0.05, 0.1) is 32.1 Å². The first-order valence-corrected chi connectivity index (χ1v) is 8.98. The summed E-state index contributed by atoms with van der Waals surface area (Å²) < 4.78 is 16.3. The monoisotopic (exact) mass is 367 g/mol. The number of hydrogen-bond acceptors (Lipinski definition) is 5. The number of anilines is 1. The average molecular weight is 367 g/mol. The average Bonchev–Trinajstić information content (AvgIpc) is 3.21. The van der Waals surface area contributed by atoms with Gasteiger partial charge in [-0.05, 0) is 37.1 Å². The van der Waals surface area contributed by atoms with Gasteiger partial charge in [-0.15, -0.1) is 0 Å². The lowest BCUT2D eigenvalue weighted by molar-refractivity contribution is -0.120. The maximum absolute atomic E-state index is 13.2. The molecule has 0 fully saturated rings. The molecule has 6 nitrogen and oxygen atoms in total. The first kappa shape index (κ1) is 17.4. The van der Waals surface area contributed by atoms with Crippen LogP contribution in [0.15, 0.2) is 52.3 Å². The van der Waals surface area contributed by atoms with Crippen LogP contribution in [0.25, 0.3) is 0 Å². The fraction of sp³-hybridized carbons (Fsp3) is 0.333. The van der Waals surface area contributed by atoms with Gasteiger partial charge in [-0.3, -0.25) is 14.5 Å². The van der Waals surface area contributed by atoms with Crippen LogP contribution in [0.2, 0.25) is 0 Å². The number of methoxy groups -OCH3 is 2. The zero-order valence-corrected chi connectivity index (χ0v) is 15.4. The zero-order valence-electron chi connectivity index (χ0n) is 15.4. The fourth-order valence-electron chi connectivity index (χ4n) is 3.98. The normalized spacial score (nSPS) is 19.9. The molecule has 0 N–H and O–H groups in total. The van der Waals surface area contributed by atoms with Gasteiger partial charge in [-0.1, -0.05) is 0 Å². The summed E-state index contributed by atoms with van der Waals surface area (Å²) in [4.78, 5) is 27.6. The summed E-state index contributed by atoms with van der Waals surface area (Å²) in [6.07, 6.45) is 3.62. The minimum Gasteiger partial charge on any atom is -0.497 e. The van der Waals surface area contributed by atoms with Crippen molar-refractivity contribution in [2.24, 2.45) is 0 Å². The van der Waals surface area contributed by atoms with E-state index in [1.165, 1.54) is 0 Å². The van der Waals surface area contributed by atoms with Crippen molar-refractivity contribution in [1.29, 1.82) is 0 Å². The molecular formula is C21H21NO5. The molecule has 0 radical (unpaired) electrons. The standard InChI is InChI=1S/C21H21NO5/c1-25-13-8-9-19(26-2)16(11-13)22-15-5-3-6-17(23)21(15)14(12-20(22)24)18-7-4-10-27-18/h4,7-11,14H,3,5-6,12H2,1-2H3. The minimum absolute atomic E-state index is 0.0806. The van der Waals surface area contributed by atoms with Gasteiger partial charge in [0.2, 0.25) is 5.91 Å². The van der Waals surface area contributed by atoms with Crippen molar-refractivity contribution >= 4 is 17.4 Å². The molecule has 1 aromatic carbocycles. The molecule has 6 heteroatoms. The number of benzene rings is 1. The molecule has 4 rings (SSSR count). The molecule has 0 bridgehead atoms. The Morgan fingerprint density at radius 3 is 2.67 bits per heavy atom. The highest BCUT2D eigenvalue weighted by Crippen LogP contribution is 2.46. The van der Waals surface area contributed by atoms with Crippen molar-refractivity contribution in [3.05, 3.63) is 53.6 Å². The predicted octanol–water partition coefficient (Wildman–Crippen LogP) is 3.82. The molecule has 1 amide bonds. The molecule has 1 aliphatic heterocycles. The second-order valence-corrected chi connectivity index (χ2v) is 6.68. The minimum atomic E-state index is -0.330. The van der Waals surface area contributed by atoms with Crippen LogP contribution in [0.3, 0.4) is 0 Å². The van der Waals surface area contributed by atoms with Gasteiger partial charge in [0, 0.05) is 30.2 Å². The highest BCUT2D eigenvalue weighted by atomic mass is 16.5. The SMILES string of the molecule is COc1ccc(OC)c(N2C(=O)CC(c3ccco3)C3=C2CCCC3=O)c1. The van der Waals surface area contributed by atoms with E-state index >= 15 is 0 Å². The van der Waals surface area contributed by atoms with Gasteiger partial charge < -0.3 is 13.9 Å². The molecule has 0 spiro atoms. The maximum Gasteiger partial charge on any atom is 0.232 e. The number of carbonyl (C=O) groups excluding carboxylic acids is 2. The van der Waals surface area contributed by atoms with Gasteiger partial charge in [0.1, 0.15) is 17.3 Å². The Balaban J connectivity index is 1.89. The van der Waals surface area contributed by atoms with E-state index in [4.69, 9.17) is 13.9 Å². The van der Waals surface area contributed by atoms with Crippen molar-refractivity contribution in [3.8, 4) is 11.5 Å². The van der Waals surface area contributed by atoms with Crippen LogP contribution in [0.1, 0.15) is 37.4 Å². The summed E-state index contributed by atoms with van der Waals surface area (Å²) in [5.74, 6) is 1.50. The Bertz CT molecular complexity index is 913. The van der Waals surface area contributed by atoms with Crippen LogP contribution < -0.4 is 14.4 Å². The van der Waals surface area contributed by atoms with Crippen LogP contribution in [0.4, 0.5) is 5.69 Å². The molecule has 140 valence electrons. The van der Waals surface area contributed by atoms with Gasteiger partial charge in [0.25, 0.3) is 0 Å². The number of ketones is 1. The fourth-order valence-corrected chi connectivity index (χ4v) is 3.98. The molecule has 0 saturated heterocycles. The van der Waals surface area contributed by atoms with E-state index in [2.05, 4.69) is 0 Å². The molecular weight excluding hydrogens is 346 g/mol. The third-order valence-corrected chi connectivity index (χ3v) is 5.19. The topological polar surface area (TPSA) is 69.0 Å². The number of carbonyl (C=O) groups is 2. The second-order valence-electron chi connectivity index (χ2n) is 6.68. The molecule has 27 heavy (non-hydrogen) atoms. The number of hydrogen-bond donors (Lipinski definition) is 0. The van der Waals surface area contributed by atoms with Gasteiger partial charge in [-0.2, -0.15) is 0 Å². The van der Waals surface area contributed by atoms with Crippen LogP contribution in [0, 0.1) is 0 Å². The van der Waals surface area contributed by atoms with E-state index in [1.807, 2.05) is 6.07 Å². The third kappa shape index (κ3) is 2.91. The highest BCUT2D eigenvalue weighted by molar-refractivity contribution is 6.08. The Morgan fingerprint density at radius 1 is 1.11 bits per heavy atom. The zero-order chi connectivity index (χ0) is 19.0. The number of furan rings is 1. The van der Waals surface area contributed by atoms with Crippen LogP contribution in [-0.2, 0) is 9.59 Å². The predicted molar refractivity (Wildman–Crippen MR) is 99.0 cm³/mol. The van der Waals surface area contributed by atoms with E-state index in [1.54, 1.807) is 49.6 Å². The maximum atomic E-state index is 13.2.